The minimum atomic E-state index is -0.539. The van der Waals surface area contributed by atoms with Crippen LogP contribution in [0.4, 0.5) is 0 Å². The first-order valence-electron chi connectivity index (χ1n) is 8.48. The van der Waals surface area contributed by atoms with Crippen LogP contribution in [0, 0.1) is 5.92 Å². The van der Waals surface area contributed by atoms with Gasteiger partial charge in [0.15, 0.2) is 0 Å². The number of carbonyl (C=O) groups excluding carboxylic acids is 2. The summed E-state index contributed by atoms with van der Waals surface area (Å²) in [5, 5.41) is 0. The highest BCUT2D eigenvalue weighted by atomic mass is 16.5. The third-order valence-electron chi connectivity index (χ3n) is 4.71. The monoisotopic (exact) mass is 341 g/mol. The van der Waals surface area contributed by atoms with Crippen molar-refractivity contribution in [3.8, 4) is 5.75 Å². The van der Waals surface area contributed by atoms with Gasteiger partial charge in [0.2, 0.25) is 5.91 Å². The van der Waals surface area contributed by atoms with E-state index in [1.54, 1.807) is 7.11 Å². The lowest BCUT2D eigenvalue weighted by Gasteiger charge is -2.32. The molecule has 0 radical (unpaired) electrons. The van der Waals surface area contributed by atoms with Gasteiger partial charge < -0.3 is 20.4 Å². The molecule has 6 nitrogen and oxygen atoms in total. The molecule has 3 N–H and O–H groups in total. The van der Waals surface area contributed by atoms with Crippen LogP contribution in [0.15, 0.2) is 36.5 Å². The van der Waals surface area contributed by atoms with Gasteiger partial charge >= 0.3 is 0 Å². The molecule has 0 aliphatic carbocycles. The highest BCUT2D eigenvalue weighted by Gasteiger charge is 2.26. The zero-order chi connectivity index (χ0) is 17.8. The quantitative estimate of drug-likeness (QED) is 0.874. The maximum absolute atomic E-state index is 12.7. The van der Waals surface area contributed by atoms with E-state index < -0.39 is 5.91 Å². The number of H-pyrrole nitrogens is 1. The maximum Gasteiger partial charge on any atom is 0.270 e. The summed E-state index contributed by atoms with van der Waals surface area (Å²) in [5.74, 6) is 0.654. The number of carbonyl (C=O) groups is 2. The molecule has 1 saturated heterocycles. The summed E-state index contributed by atoms with van der Waals surface area (Å²) in [6.07, 6.45) is 4.41. The molecule has 1 atom stereocenters. The van der Waals surface area contributed by atoms with Crippen LogP contribution in [0.5, 0.6) is 5.75 Å². The minimum absolute atomic E-state index is 0.0859. The lowest BCUT2D eigenvalue weighted by atomic mass is 9.90. The number of primary amides is 1. The fourth-order valence-electron chi connectivity index (χ4n) is 3.43. The summed E-state index contributed by atoms with van der Waals surface area (Å²) < 4.78 is 5.43. The number of aromatic nitrogens is 1. The van der Waals surface area contributed by atoms with E-state index in [4.69, 9.17) is 10.5 Å². The average Bonchev–Trinajstić information content (AvgIpc) is 3.12. The molecule has 0 unspecified atom stereocenters. The van der Waals surface area contributed by atoms with E-state index in [2.05, 4.69) is 11.1 Å². The van der Waals surface area contributed by atoms with Crippen LogP contribution >= 0.6 is 0 Å². The van der Waals surface area contributed by atoms with Gasteiger partial charge in [0.05, 0.1) is 12.7 Å². The molecule has 2 heterocycles. The summed E-state index contributed by atoms with van der Waals surface area (Å²) >= 11 is 0. The number of ether oxygens (including phenoxy) is 1. The largest absolute Gasteiger partial charge is 0.496 e. The van der Waals surface area contributed by atoms with Gasteiger partial charge in [0.25, 0.3) is 5.91 Å². The normalized spacial score (nSPS) is 17.3. The van der Waals surface area contributed by atoms with Crippen LogP contribution in [0.3, 0.4) is 0 Å². The Morgan fingerprint density at radius 2 is 2.16 bits per heavy atom. The molecule has 132 valence electrons. The molecule has 3 rings (SSSR count). The van der Waals surface area contributed by atoms with E-state index >= 15 is 0 Å². The van der Waals surface area contributed by atoms with Crippen molar-refractivity contribution >= 4 is 11.8 Å². The van der Waals surface area contributed by atoms with Crippen molar-refractivity contribution in [2.45, 2.75) is 19.3 Å². The second-order valence-electron chi connectivity index (χ2n) is 6.44. The molecule has 1 aliphatic heterocycles. The van der Waals surface area contributed by atoms with Crippen molar-refractivity contribution < 1.29 is 14.3 Å². The first-order chi connectivity index (χ1) is 12.1. The van der Waals surface area contributed by atoms with Crippen LogP contribution < -0.4 is 10.5 Å². The Bertz CT molecular complexity index is 769. The van der Waals surface area contributed by atoms with Crippen LogP contribution in [-0.4, -0.2) is 41.9 Å². The molecular weight excluding hydrogens is 318 g/mol. The molecule has 25 heavy (non-hydrogen) atoms. The van der Waals surface area contributed by atoms with Crippen molar-refractivity contribution in [3.05, 3.63) is 53.3 Å². The molecule has 0 saturated carbocycles. The minimum Gasteiger partial charge on any atom is -0.496 e. The van der Waals surface area contributed by atoms with Crippen molar-refractivity contribution in [2.75, 3.05) is 20.2 Å². The van der Waals surface area contributed by atoms with Gasteiger partial charge in [-0.05, 0) is 42.9 Å². The van der Waals surface area contributed by atoms with Crippen molar-refractivity contribution in [3.63, 3.8) is 0 Å². The second kappa shape index (κ2) is 7.42. The molecule has 0 bridgehead atoms. The number of nitrogens with two attached hydrogens (primary N) is 1. The Labute approximate surface area is 147 Å². The number of hydrogen-bond acceptors (Lipinski definition) is 3. The number of para-hydroxylation sites is 1. The summed E-state index contributed by atoms with van der Waals surface area (Å²) in [6, 6.07) is 9.53. The van der Waals surface area contributed by atoms with Gasteiger partial charge in [-0.15, -0.1) is 0 Å². The molecule has 1 aromatic heterocycles. The smallest absolute Gasteiger partial charge is 0.270 e. The first-order valence-corrected chi connectivity index (χ1v) is 8.48. The van der Waals surface area contributed by atoms with Crippen molar-refractivity contribution in [2.24, 2.45) is 11.7 Å². The molecule has 1 aliphatic rings. The van der Waals surface area contributed by atoms with Gasteiger partial charge in [0, 0.05) is 19.3 Å². The number of nitrogens with one attached hydrogen (secondary N) is 1. The Balaban J connectivity index is 1.68. The number of benzene rings is 1. The zero-order valence-electron chi connectivity index (χ0n) is 14.3. The Kier molecular flexibility index (Phi) is 5.07. The Morgan fingerprint density at radius 3 is 2.88 bits per heavy atom. The van der Waals surface area contributed by atoms with E-state index in [1.165, 1.54) is 17.8 Å². The Hall–Kier alpha value is -2.76. The van der Waals surface area contributed by atoms with Crippen LogP contribution in [0.25, 0.3) is 0 Å². The number of aromatic amines is 1. The lowest BCUT2D eigenvalue weighted by Crippen LogP contribution is -2.40. The van der Waals surface area contributed by atoms with Gasteiger partial charge in [0.1, 0.15) is 11.4 Å². The third kappa shape index (κ3) is 3.84. The SMILES string of the molecule is COc1ccccc1C[C@H]1CCCN(C(=O)c2cc(C(N)=O)c[nH]2)C1. The van der Waals surface area contributed by atoms with E-state index in [1.807, 2.05) is 23.1 Å². The maximum atomic E-state index is 12.7. The summed E-state index contributed by atoms with van der Waals surface area (Å²) in [4.78, 5) is 28.6. The fraction of sp³-hybridized carbons (Fsp3) is 0.368. The molecule has 1 aromatic carbocycles. The summed E-state index contributed by atoms with van der Waals surface area (Å²) in [6.45, 7) is 1.42. The van der Waals surface area contributed by atoms with Crippen LogP contribution in [-0.2, 0) is 6.42 Å². The highest BCUT2D eigenvalue weighted by Crippen LogP contribution is 2.26. The van der Waals surface area contributed by atoms with Gasteiger partial charge in [-0.3, -0.25) is 9.59 Å². The second-order valence-corrected chi connectivity index (χ2v) is 6.44. The van der Waals surface area contributed by atoms with Crippen molar-refractivity contribution in [1.29, 1.82) is 0 Å². The molecule has 0 spiro atoms. The molecule has 1 fully saturated rings. The molecule has 2 aromatic rings. The van der Waals surface area contributed by atoms with E-state index in [-0.39, 0.29) is 5.91 Å². The molecule has 6 heteroatoms. The predicted octanol–water partition coefficient (Wildman–Crippen LogP) is 2.22. The average molecular weight is 341 g/mol. The molecule has 2 amide bonds. The van der Waals surface area contributed by atoms with Crippen LogP contribution in [0.1, 0.15) is 39.3 Å². The van der Waals surface area contributed by atoms with Crippen LogP contribution in [0.2, 0.25) is 0 Å². The van der Waals surface area contributed by atoms with Gasteiger partial charge in [-0.25, -0.2) is 0 Å². The predicted molar refractivity (Wildman–Crippen MR) is 94.6 cm³/mol. The number of piperidine rings is 1. The summed E-state index contributed by atoms with van der Waals surface area (Å²) in [7, 11) is 1.68. The van der Waals surface area contributed by atoms with E-state index in [0.717, 1.165) is 31.6 Å². The standard InChI is InChI=1S/C19H23N3O3/c1-25-17-7-3-2-6-14(17)9-13-5-4-8-22(12-13)19(24)16-10-15(11-21-16)18(20)23/h2-3,6-7,10-11,13,21H,4-5,8-9,12H2,1H3,(H2,20,23)/t13-/m1/s1. The van der Waals surface area contributed by atoms with Crippen molar-refractivity contribution in [1.82, 2.24) is 9.88 Å². The number of likely N-dealkylation sites (tertiary alicyclic amines) is 1. The first kappa shape index (κ1) is 17.1. The van der Waals surface area contributed by atoms with Gasteiger partial charge in [-0.2, -0.15) is 0 Å². The number of hydrogen-bond donors (Lipinski definition) is 2. The number of methoxy groups -OCH3 is 1. The number of rotatable bonds is 5. The highest BCUT2D eigenvalue weighted by molar-refractivity contribution is 5.98. The topological polar surface area (TPSA) is 88.4 Å². The zero-order valence-corrected chi connectivity index (χ0v) is 14.3. The fourth-order valence-corrected chi connectivity index (χ4v) is 3.43. The number of nitrogens with zero attached hydrogens (tertiary/aromatic N) is 1. The Morgan fingerprint density at radius 1 is 1.36 bits per heavy atom. The summed E-state index contributed by atoms with van der Waals surface area (Å²) in [5.41, 5.74) is 7.15. The molecular formula is C19H23N3O3. The van der Waals surface area contributed by atoms with E-state index in [9.17, 15) is 9.59 Å². The lowest BCUT2D eigenvalue weighted by molar-refractivity contribution is 0.0668. The van der Waals surface area contributed by atoms with Gasteiger partial charge in [-0.1, -0.05) is 18.2 Å². The van der Waals surface area contributed by atoms with E-state index in [0.29, 0.717) is 23.7 Å². The number of amides is 2. The third-order valence-corrected chi connectivity index (χ3v) is 4.71.